The molecule has 0 bridgehead atoms. The minimum atomic E-state index is -0.0233. The van der Waals surface area contributed by atoms with Crippen molar-refractivity contribution < 1.29 is 4.74 Å². The third-order valence-corrected chi connectivity index (χ3v) is 2.49. The van der Waals surface area contributed by atoms with E-state index in [1.165, 1.54) is 6.20 Å². The van der Waals surface area contributed by atoms with Gasteiger partial charge in [0.15, 0.2) is 5.15 Å². The van der Waals surface area contributed by atoms with Crippen molar-refractivity contribution in [2.24, 2.45) is 0 Å². The van der Waals surface area contributed by atoms with Gasteiger partial charge in [-0.05, 0) is 18.2 Å². The molecule has 0 saturated carbocycles. The molecule has 0 fully saturated rings. The molecule has 7 heteroatoms. The summed E-state index contributed by atoms with van der Waals surface area (Å²) >= 11 is 5.64. The molecule has 0 saturated heterocycles. The lowest BCUT2D eigenvalue weighted by molar-refractivity contribution is 0.455. The summed E-state index contributed by atoms with van der Waals surface area (Å²) in [7, 11) is 0. The van der Waals surface area contributed by atoms with E-state index in [1.807, 2.05) is 0 Å². The van der Waals surface area contributed by atoms with Gasteiger partial charge in [-0.1, -0.05) is 17.7 Å². The number of hydrogen-bond acceptors (Lipinski definition) is 6. The van der Waals surface area contributed by atoms with Crippen LogP contribution in [0.1, 0.15) is 0 Å². The number of aromatic nitrogens is 2. The standard InChI is InChI=1S/C14H8ClN5O/c15-13-4-5-14(20-19-13)21-12-3-1-2-11(6-12)18-9-10(7-16)8-17/h1-6,9,18H. The Balaban J connectivity index is 2.11. The molecule has 2 rings (SSSR count). The number of hydrogen-bond donors (Lipinski definition) is 1. The van der Waals surface area contributed by atoms with Gasteiger partial charge in [-0.25, -0.2) is 0 Å². The van der Waals surface area contributed by atoms with Crippen LogP contribution in [0.25, 0.3) is 0 Å². The van der Waals surface area contributed by atoms with Crippen LogP contribution in [0.2, 0.25) is 5.15 Å². The number of nitrogens with one attached hydrogen (secondary N) is 1. The van der Waals surface area contributed by atoms with Gasteiger partial charge in [0.05, 0.1) is 0 Å². The third kappa shape index (κ3) is 4.20. The second-order valence-electron chi connectivity index (χ2n) is 3.75. The number of halogens is 1. The van der Waals surface area contributed by atoms with Crippen LogP contribution in [0.4, 0.5) is 5.69 Å². The summed E-state index contributed by atoms with van der Waals surface area (Å²) in [4.78, 5) is 0. The quantitative estimate of drug-likeness (QED) is 0.870. The molecule has 0 unspecified atom stereocenters. The van der Waals surface area contributed by atoms with Gasteiger partial charge in [-0.2, -0.15) is 10.5 Å². The van der Waals surface area contributed by atoms with Gasteiger partial charge >= 0.3 is 0 Å². The van der Waals surface area contributed by atoms with Crippen LogP contribution in [0.3, 0.4) is 0 Å². The van der Waals surface area contributed by atoms with Crippen LogP contribution in [0.5, 0.6) is 11.6 Å². The third-order valence-electron chi connectivity index (χ3n) is 2.29. The van der Waals surface area contributed by atoms with Crippen LogP contribution in [-0.2, 0) is 0 Å². The Morgan fingerprint density at radius 1 is 1.19 bits per heavy atom. The van der Waals surface area contributed by atoms with E-state index in [4.69, 9.17) is 26.9 Å². The van der Waals surface area contributed by atoms with E-state index in [2.05, 4.69) is 15.5 Å². The zero-order chi connectivity index (χ0) is 15.1. The van der Waals surface area contributed by atoms with Gasteiger partial charge in [0.2, 0.25) is 5.88 Å². The minimum Gasteiger partial charge on any atom is -0.437 e. The molecule has 2 aromatic rings. The fraction of sp³-hybridized carbons (Fsp3) is 0. The summed E-state index contributed by atoms with van der Waals surface area (Å²) in [5.41, 5.74) is 0.641. The van der Waals surface area contributed by atoms with Gasteiger partial charge in [-0.15, -0.1) is 10.2 Å². The lowest BCUT2D eigenvalue weighted by Gasteiger charge is -2.06. The molecule has 0 aliphatic rings. The van der Waals surface area contributed by atoms with Crippen LogP contribution in [0, 0.1) is 22.7 Å². The number of allylic oxidation sites excluding steroid dienone is 1. The zero-order valence-corrected chi connectivity index (χ0v) is 11.4. The SMILES string of the molecule is N#CC(C#N)=CNc1cccc(Oc2ccc(Cl)nn2)c1. The number of benzene rings is 1. The average Bonchev–Trinajstić information content (AvgIpc) is 2.51. The van der Waals surface area contributed by atoms with Crippen molar-refractivity contribution in [3.63, 3.8) is 0 Å². The Labute approximate surface area is 125 Å². The second-order valence-corrected chi connectivity index (χ2v) is 4.14. The molecule has 102 valence electrons. The zero-order valence-electron chi connectivity index (χ0n) is 10.6. The van der Waals surface area contributed by atoms with E-state index in [0.29, 0.717) is 17.3 Å². The molecular weight excluding hydrogens is 290 g/mol. The summed E-state index contributed by atoms with van der Waals surface area (Å²) < 4.78 is 5.51. The fourth-order valence-electron chi connectivity index (χ4n) is 1.37. The predicted octanol–water partition coefficient (Wildman–Crippen LogP) is 3.27. The molecule has 21 heavy (non-hydrogen) atoms. The molecule has 0 amide bonds. The van der Waals surface area contributed by atoms with Gasteiger partial charge in [0.1, 0.15) is 23.5 Å². The number of rotatable bonds is 4. The summed E-state index contributed by atoms with van der Waals surface area (Å²) in [5.74, 6) is 0.835. The monoisotopic (exact) mass is 297 g/mol. The lowest BCUT2D eigenvalue weighted by atomic mass is 10.3. The first kappa shape index (κ1) is 14.3. The van der Waals surface area contributed by atoms with E-state index in [9.17, 15) is 0 Å². The molecule has 0 radical (unpaired) electrons. The minimum absolute atomic E-state index is 0.0233. The maximum Gasteiger partial charge on any atom is 0.238 e. The summed E-state index contributed by atoms with van der Waals surface area (Å²) in [6.45, 7) is 0. The molecule has 1 N–H and O–H groups in total. The molecular formula is C14H8ClN5O. The molecule has 0 atom stereocenters. The maximum absolute atomic E-state index is 8.64. The Hall–Kier alpha value is -3.09. The smallest absolute Gasteiger partial charge is 0.238 e. The van der Waals surface area contributed by atoms with Crippen molar-refractivity contribution in [3.05, 3.63) is 53.3 Å². The van der Waals surface area contributed by atoms with Crippen LogP contribution in [0.15, 0.2) is 48.2 Å². The molecule has 0 spiro atoms. The predicted molar refractivity (Wildman–Crippen MR) is 76.5 cm³/mol. The Morgan fingerprint density at radius 2 is 2.00 bits per heavy atom. The highest BCUT2D eigenvalue weighted by atomic mass is 35.5. The van der Waals surface area contributed by atoms with Crippen molar-refractivity contribution >= 4 is 17.3 Å². The first-order valence-electron chi connectivity index (χ1n) is 5.75. The second kappa shape index (κ2) is 6.90. The highest BCUT2D eigenvalue weighted by Crippen LogP contribution is 2.22. The first-order chi connectivity index (χ1) is 10.2. The highest BCUT2D eigenvalue weighted by molar-refractivity contribution is 6.29. The van der Waals surface area contributed by atoms with Crippen LogP contribution >= 0.6 is 11.6 Å². The summed E-state index contributed by atoms with van der Waals surface area (Å²) in [6.07, 6.45) is 1.32. The summed E-state index contributed by atoms with van der Waals surface area (Å²) in [5, 5.41) is 27.9. The van der Waals surface area contributed by atoms with Gasteiger partial charge in [0, 0.05) is 24.0 Å². The average molecular weight is 298 g/mol. The van der Waals surface area contributed by atoms with Crippen LogP contribution < -0.4 is 10.1 Å². The van der Waals surface area contributed by atoms with Crippen molar-refractivity contribution in [3.8, 4) is 23.8 Å². The highest BCUT2D eigenvalue weighted by Gasteiger charge is 2.01. The molecule has 1 aromatic carbocycles. The number of ether oxygens (including phenoxy) is 1. The number of nitriles is 2. The van der Waals surface area contributed by atoms with E-state index >= 15 is 0 Å². The van der Waals surface area contributed by atoms with E-state index in [0.717, 1.165) is 0 Å². The van der Waals surface area contributed by atoms with Gasteiger partial charge < -0.3 is 10.1 Å². The Kier molecular flexibility index (Phi) is 4.70. The van der Waals surface area contributed by atoms with Gasteiger partial charge in [-0.3, -0.25) is 0 Å². The largest absolute Gasteiger partial charge is 0.437 e. The number of anilines is 1. The fourth-order valence-corrected chi connectivity index (χ4v) is 1.47. The topological polar surface area (TPSA) is 94.6 Å². The Bertz CT molecular complexity index is 727. The van der Waals surface area contributed by atoms with Crippen LogP contribution in [-0.4, -0.2) is 10.2 Å². The van der Waals surface area contributed by atoms with Gasteiger partial charge in [0.25, 0.3) is 0 Å². The van der Waals surface area contributed by atoms with Crippen molar-refractivity contribution in [2.45, 2.75) is 0 Å². The first-order valence-corrected chi connectivity index (χ1v) is 6.13. The number of nitrogens with zero attached hydrogens (tertiary/aromatic N) is 4. The molecule has 6 nitrogen and oxygen atoms in total. The molecule has 0 aliphatic carbocycles. The van der Waals surface area contributed by atoms with Crippen molar-refractivity contribution in [1.82, 2.24) is 10.2 Å². The van der Waals surface area contributed by atoms with Crippen molar-refractivity contribution in [1.29, 1.82) is 10.5 Å². The lowest BCUT2D eigenvalue weighted by Crippen LogP contribution is -1.93. The molecule has 1 heterocycles. The normalized spacial score (nSPS) is 9.10. The van der Waals surface area contributed by atoms with E-state index in [-0.39, 0.29) is 10.7 Å². The maximum atomic E-state index is 8.64. The molecule has 0 aliphatic heterocycles. The Morgan fingerprint density at radius 3 is 2.67 bits per heavy atom. The van der Waals surface area contributed by atoms with E-state index in [1.54, 1.807) is 48.5 Å². The van der Waals surface area contributed by atoms with Crippen molar-refractivity contribution in [2.75, 3.05) is 5.32 Å². The molecule has 1 aromatic heterocycles. The van der Waals surface area contributed by atoms with E-state index < -0.39 is 0 Å². The summed E-state index contributed by atoms with van der Waals surface area (Å²) in [6, 6.07) is 13.6.